The van der Waals surface area contributed by atoms with Gasteiger partial charge in [-0.05, 0) is 32.5 Å². The number of carbonyl (C=O) groups is 1. The summed E-state index contributed by atoms with van der Waals surface area (Å²) >= 11 is 0. The molecule has 0 radical (unpaired) electrons. The lowest BCUT2D eigenvalue weighted by Gasteiger charge is -2.25. The Kier molecular flexibility index (Phi) is 3.90. The molecule has 1 aromatic carbocycles. The van der Waals surface area contributed by atoms with Crippen LogP contribution in [0.5, 0.6) is 5.75 Å². The van der Waals surface area contributed by atoms with Gasteiger partial charge in [-0.25, -0.2) is 0 Å². The molecule has 0 aromatic heterocycles. The first-order valence-corrected chi connectivity index (χ1v) is 5.17. The van der Waals surface area contributed by atoms with Crippen LogP contribution in [0.2, 0.25) is 0 Å². The highest BCUT2D eigenvalue weighted by Crippen LogP contribution is 2.17. The summed E-state index contributed by atoms with van der Waals surface area (Å²) in [4.78, 5) is 11.2. The summed E-state index contributed by atoms with van der Waals surface area (Å²) < 4.78 is 5.59. The Labute approximate surface area is 95.8 Å². The maximum Gasteiger partial charge on any atom is 0.240 e. The molecule has 16 heavy (non-hydrogen) atoms. The number of carbonyl (C=O) groups excluding carboxylic acids is 1. The molecule has 0 aliphatic rings. The fourth-order valence-electron chi connectivity index (χ4n) is 1.21. The second kappa shape index (κ2) is 4.99. The van der Waals surface area contributed by atoms with Crippen LogP contribution in [-0.4, -0.2) is 25.1 Å². The van der Waals surface area contributed by atoms with Crippen molar-refractivity contribution in [1.82, 2.24) is 5.32 Å². The number of ether oxygens (including phenoxy) is 1. The van der Waals surface area contributed by atoms with Crippen LogP contribution in [0, 0.1) is 6.92 Å². The maximum atomic E-state index is 11.2. The van der Waals surface area contributed by atoms with E-state index in [1.165, 1.54) is 0 Å². The van der Waals surface area contributed by atoms with E-state index in [2.05, 4.69) is 5.32 Å². The topological polar surface area (TPSA) is 64.3 Å². The molecule has 1 atom stereocenters. The number of hydrogen-bond acceptors (Lipinski definition) is 3. The van der Waals surface area contributed by atoms with Crippen molar-refractivity contribution in [2.24, 2.45) is 5.73 Å². The molecule has 1 amide bonds. The van der Waals surface area contributed by atoms with E-state index in [4.69, 9.17) is 10.5 Å². The van der Waals surface area contributed by atoms with Gasteiger partial charge in [0.15, 0.2) is 0 Å². The number of nitrogens with two attached hydrogens (primary N) is 1. The maximum absolute atomic E-state index is 11.2. The highest BCUT2D eigenvalue weighted by Gasteiger charge is 2.30. The standard InChI is InChI=1S/C12H18N2O2/c1-9-6-4-5-7-10(9)16-8-12(2,14-3)11(13)15/h4-7,14H,8H2,1-3H3,(H2,13,15). The van der Waals surface area contributed by atoms with Crippen molar-refractivity contribution in [2.45, 2.75) is 19.4 Å². The number of aryl methyl sites for hydroxylation is 1. The zero-order valence-electron chi connectivity index (χ0n) is 9.91. The molecule has 1 rings (SSSR count). The van der Waals surface area contributed by atoms with Gasteiger partial charge < -0.3 is 15.8 Å². The van der Waals surface area contributed by atoms with Gasteiger partial charge in [-0.2, -0.15) is 0 Å². The van der Waals surface area contributed by atoms with Gasteiger partial charge in [0.2, 0.25) is 5.91 Å². The van der Waals surface area contributed by atoms with Gasteiger partial charge in [0.05, 0.1) is 0 Å². The molecular weight excluding hydrogens is 204 g/mol. The van der Waals surface area contributed by atoms with E-state index in [1.807, 2.05) is 31.2 Å². The monoisotopic (exact) mass is 222 g/mol. The number of primary amides is 1. The van der Waals surface area contributed by atoms with Gasteiger partial charge >= 0.3 is 0 Å². The molecule has 0 bridgehead atoms. The Hall–Kier alpha value is -1.55. The van der Waals surface area contributed by atoms with Gasteiger partial charge in [-0.3, -0.25) is 4.79 Å². The molecule has 1 aromatic rings. The first-order chi connectivity index (χ1) is 7.49. The predicted molar refractivity (Wildman–Crippen MR) is 63.3 cm³/mol. The molecule has 1 unspecified atom stereocenters. The minimum atomic E-state index is -0.845. The summed E-state index contributed by atoms with van der Waals surface area (Å²) in [5.41, 5.74) is 5.49. The summed E-state index contributed by atoms with van der Waals surface area (Å²) in [6, 6.07) is 7.65. The highest BCUT2D eigenvalue weighted by atomic mass is 16.5. The van der Waals surface area contributed by atoms with E-state index in [0.717, 1.165) is 11.3 Å². The van der Waals surface area contributed by atoms with Crippen LogP contribution in [0.15, 0.2) is 24.3 Å². The van der Waals surface area contributed by atoms with Crippen LogP contribution in [0.3, 0.4) is 0 Å². The Morgan fingerprint density at radius 2 is 2.12 bits per heavy atom. The van der Waals surface area contributed by atoms with Crippen LogP contribution in [-0.2, 0) is 4.79 Å². The lowest BCUT2D eigenvalue weighted by molar-refractivity contribution is -0.124. The molecule has 0 saturated carbocycles. The third-order valence-electron chi connectivity index (χ3n) is 2.71. The Bertz CT molecular complexity index is 379. The van der Waals surface area contributed by atoms with Crippen molar-refractivity contribution >= 4 is 5.91 Å². The molecule has 0 aliphatic carbocycles. The van der Waals surface area contributed by atoms with E-state index in [9.17, 15) is 4.79 Å². The number of nitrogens with one attached hydrogen (secondary N) is 1. The summed E-state index contributed by atoms with van der Waals surface area (Å²) in [6.07, 6.45) is 0. The van der Waals surface area contributed by atoms with E-state index in [1.54, 1.807) is 14.0 Å². The van der Waals surface area contributed by atoms with Crippen LogP contribution in [0.1, 0.15) is 12.5 Å². The SMILES string of the molecule is CNC(C)(COc1ccccc1C)C(N)=O. The molecule has 0 spiro atoms. The van der Waals surface area contributed by atoms with Crippen molar-refractivity contribution in [1.29, 1.82) is 0 Å². The lowest BCUT2D eigenvalue weighted by Crippen LogP contribution is -2.55. The van der Waals surface area contributed by atoms with E-state index in [-0.39, 0.29) is 6.61 Å². The van der Waals surface area contributed by atoms with Crippen LogP contribution >= 0.6 is 0 Å². The molecule has 0 aliphatic heterocycles. The third kappa shape index (κ3) is 2.73. The van der Waals surface area contributed by atoms with Crippen molar-refractivity contribution < 1.29 is 9.53 Å². The first kappa shape index (κ1) is 12.5. The number of hydrogen-bond donors (Lipinski definition) is 2. The normalized spacial score (nSPS) is 14.2. The predicted octanol–water partition coefficient (Wildman–Crippen LogP) is 0.837. The van der Waals surface area contributed by atoms with E-state index >= 15 is 0 Å². The van der Waals surface area contributed by atoms with Crippen molar-refractivity contribution in [3.8, 4) is 5.75 Å². The quantitative estimate of drug-likeness (QED) is 0.776. The summed E-state index contributed by atoms with van der Waals surface area (Å²) in [7, 11) is 1.69. The fourth-order valence-corrected chi connectivity index (χ4v) is 1.21. The Morgan fingerprint density at radius 3 is 2.62 bits per heavy atom. The second-order valence-corrected chi connectivity index (χ2v) is 4.00. The summed E-state index contributed by atoms with van der Waals surface area (Å²) in [5.74, 6) is 0.341. The summed E-state index contributed by atoms with van der Waals surface area (Å²) in [6.45, 7) is 3.88. The minimum absolute atomic E-state index is 0.212. The summed E-state index contributed by atoms with van der Waals surface area (Å²) in [5, 5.41) is 2.87. The number of para-hydroxylation sites is 1. The average molecular weight is 222 g/mol. The van der Waals surface area contributed by atoms with Crippen molar-refractivity contribution in [3.05, 3.63) is 29.8 Å². The number of amides is 1. The number of benzene rings is 1. The average Bonchev–Trinajstić information content (AvgIpc) is 2.27. The zero-order valence-corrected chi connectivity index (χ0v) is 9.91. The molecule has 3 N–H and O–H groups in total. The Morgan fingerprint density at radius 1 is 1.50 bits per heavy atom. The number of likely N-dealkylation sites (N-methyl/N-ethyl adjacent to an activating group) is 1. The second-order valence-electron chi connectivity index (χ2n) is 4.00. The van der Waals surface area contributed by atoms with Crippen LogP contribution in [0.25, 0.3) is 0 Å². The molecular formula is C12H18N2O2. The smallest absolute Gasteiger partial charge is 0.240 e. The van der Waals surface area contributed by atoms with Crippen molar-refractivity contribution in [3.63, 3.8) is 0 Å². The highest BCUT2D eigenvalue weighted by molar-refractivity contribution is 5.84. The lowest BCUT2D eigenvalue weighted by atomic mass is 10.0. The van der Waals surface area contributed by atoms with E-state index in [0.29, 0.717) is 0 Å². The van der Waals surface area contributed by atoms with Gasteiger partial charge in [0.25, 0.3) is 0 Å². The number of rotatable bonds is 5. The van der Waals surface area contributed by atoms with Gasteiger partial charge in [0.1, 0.15) is 17.9 Å². The van der Waals surface area contributed by atoms with E-state index < -0.39 is 11.4 Å². The van der Waals surface area contributed by atoms with Gasteiger partial charge in [0, 0.05) is 0 Å². The minimum Gasteiger partial charge on any atom is -0.491 e. The molecule has 0 fully saturated rings. The third-order valence-corrected chi connectivity index (χ3v) is 2.71. The molecule has 0 heterocycles. The molecule has 88 valence electrons. The fraction of sp³-hybridized carbons (Fsp3) is 0.417. The molecule has 4 heteroatoms. The van der Waals surface area contributed by atoms with Gasteiger partial charge in [-0.1, -0.05) is 18.2 Å². The largest absolute Gasteiger partial charge is 0.491 e. The van der Waals surface area contributed by atoms with Gasteiger partial charge in [-0.15, -0.1) is 0 Å². The van der Waals surface area contributed by atoms with Crippen LogP contribution < -0.4 is 15.8 Å². The molecule has 4 nitrogen and oxygen atoms in total. The molecule has 0 saturated heterocycles. The van der Waals surface area contributed by atoms with Crippen molar-refractivity contribution in [2.75, 3.05) is 13.7 Å². The zero-order chi connectivity index (χ0) is 12.2. The Balaban J connectivity index is 2.71. The first-order valence-electron chi connectivity index (χ1n) is 5.17. The van der Waals surface area contributed by atoms with Crippen LogP contribution in [0.4, 0.5) is 0 Å².